The summed E-state index contributed by atoms with van der Waals surface area (Å²) in [6, 6.07) is 16.2. The molecule has 0 saturated heterocycles. The van der Waals surface area contributed by atoms with E-state index in [1.165, 1.54) is 0 Å². The van der Waals surface area contributed by atoms with Crippen LogP contribution in [0.25, 0.3) is 0 Å². The van der Waals surface area contributed by atoms with Crippen LogP contribution in [0.5, 0.6) is 11.5 Å². The van der Waals surface area contributed by atoms with Crippen LogP contribution in [-0.4, -0.2) is 32.1 Å². The molecule has 2 amide bonds. The van der Waals surface area contributed by atoms with Crippen LogP contribution in [0.1, 0.15) is 6.42 Å². The molecule has 0 atom stereocenters. The van der Waals surface area contributed by atoms with Gasteiger partial charge in [-0.1, -0.05) is 18.2 Å². The van der Waals surface area contributed by atoms with E-state index in [1.54, 1.807) is 31.4 Å². The highest BCUT2D eigenvalue weighted by molar-refractivity contribution is 6.39. The lowest BCUT2D eigenvalue weighted by Crippen LogP contribution is -2.36. The first-order valence-corrected chi connectivity index (χ1v) is 7.60. The molecule has 0 aliphatic carbocycles. The molecule has 0 spiro atoms. The van der Waals surface area contributed by atoms with E-state index >= 15 is 0 Å². The summed E-state index contributed by atoms with van der Waals surface area (Å²) < 4.78 is 10.5. The molecule has 2 N–H and O–H groups in total. The van der Waals surface area contributed by atoms with Crippen LogP contribution in [0.4, 0.5) is 5.69 Å². The van der Waals surface area contributed by atoms with Gasteiger partial charge in [-0.2, -0.15) is 0 Å². The number of hydrogen-bond donors (Lipinski definition) is 2. The number of methoxy groups -OCH3 is 1. The van der Waals surface area contributed by atoms with Crippen molar-refractivity contribution in [3.05, 3.63) is 54.6 Å². The van der Waals surface area contributed by atoms with Crippen molar-refractivity contribution in [1.82, 2.24) is 5.32 Å². The topological polar surface area (TPSA) is 76.7 Å². The molecule has 0 radical (unpaired) electrons. The maximum atomic E-state index is 11.8. The van der Waals surface area contributed by atoms with E-state index in [2.05, 4.69) is 10.6 Å². The molecule has 6 heteroatoms. The first-order chi connectivity index (χ1) is 11.7. The van der Waals surface area contributed by atoms with E-state index in [0.717, 1.165) is 5.75 Å². The van der Waals surface area contributed by atoms with E-state index in [0.29, 0.717) is 31.0 Å². The first kappa shape index (κ1) is 17.5. The van der Waals surface area contributed by atoms with Gasteiger partial charge in [0, 0.05) is 25.9 Å². The van der Waals surface area contributed by atoms with Gasteiger partial charge in [-0.3, -0.25) is 9.59 Å². The zero-order valence-corrected chi connectivity index (χ0v) is 13.5. The fraction of sp³-hybridized carbons (Fsp3) is 0.222. The lowest BCUT2D eigenvalue weighted by Gasteiger charge is -2.08. The average molecular weight is 328 g/mol. The fourth-order valence-corrected chi connectivity index (χ4v) is 1.92. The molecule has 0 unspecified atom stereocenters. The van der Waals surface area contributed by atoms with Crippen LogP contribution in [-0.2, 0) is 14.3 Å². The Kier molecular flexibility index (Phi) is 6.79. The largest absolute Gasteiger partial charge is 0.457 e. The normalized spacial score (nSPS) is 10.0. The third kappa shape index (κ3) is 5.73. The first-order valence-electron chi connectivity index (χ1n) is 7.60. The summed E-state index contributed by atoms with van der Waals surface area (Å²) in [6.45, 7) is 0.925. The van der Waals surface area contributed by atoms with Crippen LogP contribution >= 0.6 is 0 Å². The van der Waals surface area contributed by atoms with Gasteiger partial charge in [0.25, 0.3) is 0 Å². The Labute approximate surface area is 140 Å². The Bertz CT molecular complexity index is 656. The van der Waals surface area contributed by atoms with Crippen LogP contribution < -0.4 is 15.4 Å². The molecule has 126 valence electrons. The maximum Gasteiger partial charge on any atom is 0.313 e. The van der Waals surface area contributed by atoms with Crippen molar-refractivity contribution in [1.29, 1.82) is 0 Å². The molecule has 2 aromatic carbocycles. The minimum Gasteiger partial charge on any atom is -0.457 e. The maximum absolute atomic E-state index is 11.8. The number of rotatable bonds is 7. The highest BCUT2D eigenvalue weighted by Crippen LogP contribution is 2.22. The van der Waals surface area contributed by atoms with Gasteiger partial charge in [0.1, 0.15) is 11.5 Å². The third-order valence-corrected chi connectivity index (χ3v) is 3.11. The quantitative estimate of drug-likeness (QED) is 0.605. The number of amides is 2. The molecule has 0 aliphatic heterocycles. The summed E-state index contributed by atoms with van der Waals surface area (Å²) >= 11 is 0. The van der Waals surface area contributed by atoms with Crippen LogP contribution in [0.15, 0.2) is 54.6 Å². The molecular formula is C18H20N2O4. The number of hydrogen-bond acceptors (Lipinski definition) is 4. The molecule has 2 aromatic rings. The monoisotopic (exact) mass is 328 g/mol. The smallest absolute Gasteiger partial charge is 0.313 e. The Morgan fingerprint density at radius 1 is 0.917 bits per heavy atom. The van der Waals surface area contributed by atoms with Crippen molar-refractivity contribution >= 4 is 17.5 Å². The van der Waals surface area contributed by atoms with Gasteiger partial charge in [-0.25, -0.2) is 0 Å². The highest BCUT2D eigenvalue weighted by atomic mass is 16.5. The summed E-state index contributed by atoms with van der Waals surface area (Å²) in [6.07, 6.45) is 0.654. The second kappa shape index (κ2) is 9.32. The van der Waals surface area contributed by atoms with Gasteiger partial charge in [-0.15, -0.1) is 0 Å². The predicted octanol–water partition coefficient (Wildman–Crippen LogP) is 2.57. The number of carbonyl (C=O) groups is 2. The molecule has 0 aliphatic rings. The van der Waals surface area contributed by atoms with Crippen molar-refractivity contribution in [3.63, 3.8) is 0 Å². The second-order valence-corrected chi connectivity index (χ2v) is 5.00. The summed E-state index contributed by atoms with van der Waals surface area (Å²) in [5, 5.41) is 5.06. The van der Waals surface area contributed by atoms with Crippen molar-refractivity contribution in [2.75, 3.05) is 25.6 Å². The number of nitrogens with one attached hydrogen (secondary N) is 2. The number of benzene rings is 2. The molecule has 6 nitrogen and oxygen atoms in total. The van der Waals surface area contributed by atoms with E-state index in [-0.39, 0.29) is 0 Å². The van der Waals surface area contributed by atoms with E-state index in [4.69, 9.17) is 9.47 Å². The minimum absolute atomic E-state index is 0.393. The van der Waals surface area contributed by atoms with Gasteiger partial charge >= 0.3 is 11.8 Å². The summed E-state index contributed by atoms with van der Waals surface area (Å²) in [5.74, 6) is -0.00667. The summed E-state index contributed by atoms with van der Waals surface area (Å²) in [4.78, 5) is 23.4. The molecular weight excluding hydrogens is 308 g/mol. The molecule has 0 heterocycles. The number of anilines is 1. The summed E-state index contributed by atoms with van der Waals surface area (Å²) in [5.41, 5.74) is 0.521. The van der Waals surface area contributed by atoms with E-state index in [1.807, 2.05) is 30.3 Å². The zero-order chi connectivity index (χ0) is 17.2. The van der Waals surface area contributed by atoms with E-state index < -0.39 is 11.8 Å². The zero-order valence-electron chi connectivity index (χ0n) is 13.5. The summed E-state index contributed by atoms with van der Waals surface area (Å²) in [7, 11) is 1.58. The number of para-hydroxylation sites is 1. The minimum atomic E-state index is -0.704. The fourth-order valence-electron chi connectivity index (χ4n) is 1.92. The molecule has 0 aromatic heterocycles. The van der Waals surface area contributed by atoms with Crippen LogP contribution in [0.2, 0.25) is 0 Å². The third-order valence-electron chi connectivity index (χ3n) is 3.11. The average Bonchev–Trinajstić information content (AvgIpc) is 2.61. The second-order valence-electron chi connectivity index (χ2n) is 5.00. The van der Waals surface area contributed by atoms with Gasteiger partial charge in [0.05, 0.1) is 0 Å². The molecule has 0 bridgehead atoms. The Hall–Kier alpha value is -2.86. The van der Waals surface area contributed by atoms with Gasteiger partial charge < -0.3 is 20.1 Å². The van der Waals surface area contributed by atoms with Crippen molar-refractivity contribution in [2.24, 2.45) is 0 Å². The lowest BCUT2D eigenvalue weighted by molar-refractivity contribution is -0.136. The van der Waals surface area contributed by atoms with Crippen LogP contribution in [0.3, 0.4) is 0 Å². The Morgan fingerprint density at radius 3 is 2.25 bits per heavy atom. The Morgan fingerprint density at radius 2 is 1.58 bits per heavy atom. The van der Waals surface area contributed by atoms with Gasteiger partial charge in [0.2, 0.25) is 0 Å². The molecule has 0 saturated carbocycles. The van der Waals surface area contributed by atoms with Crippen molar-refractivity contribution in [3.8, 4) is 11.5 Å². The molecule has 24 heavy (non-hydrogen) atoms. The van der Waals surface area contributed by atoms with Gasteiger partial charge in [0.15, 0.2) is 0 Å². The Balaban J connectivity index is 1.82. The molecule has 2 rings (SSSR count). The van der Waals surface area contributed by atoms with Crippen LogP contribution in [0, 0.1) is 0 Å². The van der Waals surface area contributed by atoms with Gasteiger partial charge in [-0.05, 0) is 42.8 Å². The predicted molar refractivity (Wildman–Crippen MR) is 91.1 cm³/mol. The standard InChI is InChI=1S/C18H20N2O4/c1-23-13-5-12-19-17(21)18(22)20-14-8-10-16(11-9-14)24-15-6-3-2-4-7-15/h2-4,6-11H,5,12-13H2,1H3,(H,19,21)(H,20,22). The van der Waals surface area contributed by atoms with Crippen molar-refractivity contribution < 1.29 is 19.1 Å². The number of ether oxygens (including phenoxy) is 2. The molecule has 0 fully saturated rings. The van der Waals surface area contributed by atoms with Crippen molar-refractivity contribution in [2.45, 2.75) is 6.42 Å². The lowest BCUT2D eigenvalue weighted by atomic mass is 10.3. The SMILES string of the molecule is COCCCNC(=O)C(=O)Nc1ccc(Oc2ccccc2)cc1. The number of carbonyl (C=O) groups excluding carboxylic acids is 2. The highest BCUT2D eigenvalue weighted by Gasteiger charge is 2.12. The van der Waals surface area contributed by atoms with E-state index in [9.17, 15) is 9.59 Å².